The minimum Gasteiger partial charge on any atom is -0.485 e. The highest BCUT2D eigenvalue weighted by Gasteiger charge is 2.19. The SMILES string of the molecule is Cc1ccc(-c2ccc(C)s2)s1.Cc1ccc(C)s1.Cc1sc(C)c2c1OCCO2.Cc1sc(C)c2ccccc12.Cc1sc(C)c2sccc12. The Balaban J connectivity index is 0.000000125. The lowest BCUT2D eigenvalue weighted by Gasteiger charge is -2.15. The summed E-state index contributed by atoms with van der Waals surface area (Å²) in [6, 6.07) is 23.8. The van der Waals surface area contributed by atoms with Gasteiger partial charge in [0.15, 0.2) is 11.5 Å². The van der Waals surface area contributed by atoms with E-state index in [1.807, 2.05) is 68.0 Å². The zero-order valence-electron chi connectivity index (χ0n) is 31.0. The third-order valence-electron chi connectivity index (χ3n) is 7.99. The summed E-state index contributed by atoms with van der Waals surface area (Å²) >= 11 is 12.9. The molecule has 2 nitrogen and oxygen atoms in total. The maximum absolute atomic E-state index is 5.46. The Hall–Kier alpha value is -2.76. The summed E-state index contributed by atoms with van der Waals surface area (Å²) in [6.07, 6.45) is 0. The molecular weight excluding hydrogens is 761 g/mol. The molecule has 8 heterocycles. The van der Waals surface area contributed by atoms with Crippen molar-refractivity contribution in [2.24, 2.45) is 0 Å². The van der Waals surface area contributed by atoms with Crippen LogP contribution in [0.4, 0.5) is 0 Å². The van der Waals surface area contributed by atoms with Gasteiger partial charge in [-0.2, -0.15) is 0 Å². The van der Waals surface area contributed by atoms with E-state index >= 15 is 0 Å². The van der Waals surface area contributed by atoms with Gasteiger partial charge in [0.25, 0.3) is 0 Å². The van der Waals surface area contributed by atoms with Gasteiger partial charge in [0.2, 0.25) is 0 Å². The molecule has 0 atom stereocenters. The van der Waals surface area contributed by atoms with E-state index in [-0.39, 0.29) is 0 Å². The number of fused-ring (bicyclic) bond motifs is 3. The normalized spacial score (nSPS) is 11.5. The van der Waals surface area contributed by atoms with Gasteiger partial charge >= 0.3 is 0 Å². The predicted molar refractivity (Wildman–Crippen MR) is 236 cm³/mol. The van der Waals surface area contributed by atoms with Gasteiger partial charge in [0.05, 0.1) is 0 Å². The van der Waals surface area contributed by atoms with Crippen molar-refractivity contribution in [2.75, 3.05) is 13.2 Å². The van der Waals surface area contributed by atoms with E-state index in [0.29, 0.717) is 13.2 Å². The molecule has 0 radical (unpaired) electrons. The van der Waals surface area contributed by atoms with Crippen molar-refractivity contribution < 1.29 is 9.47 Å². The fraction of sp³-hybridized carbons (Fsp3) is 0.286. The lowest BCUT2D eigenvalue weighted by atomic mass is 10.1. The van der Waals surface area contributed by atoms with Crippen LogP contribution in [0.1, 0.15) is 48.8 Å². The number of hydrogen-bond acceptors (Lipinski definition) is 9. The van der Waals surface area contributed by atoms with Crippen molar-refractivity contribution in [1.82, 2.24) is 0 Å². The van der Waals surface area contributed by atoms with Crippen LogP contribution in [0, 0.1) is 69.2 Å². The van der Waals surface area contributed by atoms with Crippen molar-refractivity contribution in [3.05, 3.63) is 121 Å². The molecule has 8 aromatic rings. The van der Waals surface area contributed by atoms with Gasteiger partial charge in [-0.15, -0.1) is 79.4 Å². The quantitative estimate of drug-likeness (QED) is 0.164. The second-order valence-electron chi connectivity index (χ2n) is 12.2. The average Bonchev–Trinajstić information content (AvgIpc) is 3.98. The van der Waals surface area contributed by atoms with Crippen LogP contribution in [0.25, 0.3) is 30.6 Å². The van der Waals surface area contributed by atoms with E-state index in [0.717, 1.165) is 11.5 Å². The van der Waals surface area contributed by atoms with Crippen LogP contribution in [-0.4, -0.2) is 13.2 Å². The highest BCUT2D eigenvalue weighted by molar-refractivity contribution is 7.23. The maximum atomic E-state index is 5.46. The van der Waals surface area contributed by atoms with Crippen molar-refractivity contribution in [2.45, 2.75) is 69.2 Å². The number of ether oxygens (including phenoxy) is 2. The van der Waals surface area contributed by atoms with Crippen molar-refractivity contribution >= 4 is 100 Å². The standard InChI is InChI=1S/C10H10S2.C10H10S.C8H10O2S.C8H8S2.C6H8S/c1-7-3-5-9(11-7)10-6-4-8(2)12-10;1-7-9-5-3-4-6-10(9)8(2)11-7;1-5-7-8(6(2)11-5)10-4-3-9-7;1-5-7-3-4-9-8(7)6(2)10-5;1-5-3-4-6(2)7-5/h3-6H,1-2H3;3-6H,1-2H3;3-4H2,1-2H3;3-4H,1-2H3;3-4H,1-2H3. The van der Waals surface area contributed by atoms with Crippen LogP contribution >= 0.6 is 79.4 Å². The Labute approximate surface area is 331 Å². The summed E-state index contributed by atoms with van der Waals surface area (Å²) in [5.41, 5.74) is 0. The number of rotatable bonds is 1. The van der Waals surface area contributed by atoms with E-state index in [1.54, 1.807) is 11.3 Å². The van der Waals surface area contributed by atoms with Gasteiger partial charge in [0.1, 0.15) is 13.2 Å². The summed E-state index contributed by atoms with van der Waals surface area (Å²) in [6.45, 7) is 22.8. The van der Waals surface area contributed by atoms with Gasteiger partial charge in [-0.05, 0) is 128 Å². The van der Waals surface area contributed by atoms with E-state index in [4.69, 9.17) is 9.47 Å². The molecule has 0 unspecified atom stereocenters. The molecule has 0 bridgehead atoms. The molecule has 0 aliphatic carbocycles. The molecule has 1 aliphatic heterocycles. The van der Waals surface area contributed by atoms with Gasteiger partial charge < -0.3 is 9.47 Å². The van der Waals surface area contributed by atoms with E-state index in [1.165, 1.54) is 79.4 Å². The fourth-order valence-corrected chi connectivity index (χ4v) is 12.3. The number of aryl methyl sites for hydroxylation is 10. The Morgan fingerprint density at radius 1 is 0.392 bits per heavy atom. The summed E-state index contributed by atoms with van der Waals surface area (Å²) in [5.74, 6) is 1.91. The molecule has 0 amide bonds. The van der Waals surface area contributed by atoms with Crippen molar-refractivity contribution in [3.8, 4) is 21.3 Å². The van der Waals surface area contributed by atoms with Crippen LogP contribution in [0.2, 0.25) is 0 Å². The molecule has 7 aromatic heterocycles. The van der Waals surface area contributed by atoms with Crippen LogP contribution in [-0.2, 0) is 0 Å². The molecule has 51 heavy (non-hydrogen) atoms. The van der Waals surface area contributed by atoms with Gasteiger partial charge in [-0.1, -0.05) is 24.3 Å². The first-order chi connectivity index (χ1) is 24.4. The second-order valence-corrected chi connectivity index (χ2v) is 21.5. The van der Waals surface area contributed by atoms with Crippen LogP contribution in [0.15, 0.2) is 72.1 Å². The van der Waals surface area contributed by atoms with E-state index in [2.05, 4.69) is 141 Å². The molecule has 0 N–H and O–H groups in total. The Morgan fingerprint density at radius 2 is 0.804 bits per heavy atom. The lowest BCUT2D eigenvalue weighted by Crippen LogP contribution is -2.14. The Kier molecular flexibility index (Phi) is 14.2. The molecule has 0 saturated heterocycles. The highest BCUT2D eigenvalue weighted by atomic mass is 32.1. The molecule has 0 saturated carbocycles. The Morgan fingerprint density at radius 3 is 1.22 bits per heavy atom. The second kappa shape index (κ2) is 18.3. The molecule has 0 spiro atoms. The molecule has 9 rings (SSSR count). The van der Waals surface area contributed by atoms with Crippen molar-refractivity contribution in [3.63, 3.8) is 0 Å². The van der Waals surface area contributed by atoms with Gasteiger partial charge in [0, 0.05) is 68.6 Å². The van der Waals surface area contributed by atoms with Crippen LogP contribution in [0.5, 0.6) is 11.5 Å². The minimum absolute atomic E-state index is 0.685. The lowest BCUT2D eigenvalue weighted by molar-refractivity contribution is 0.171. The summed E-state index contributed by atoms with van der Waals surface area (Å²) in [5, 5.41) is 6.44. The fourth-order valence-electron chi connectivity index (χ4n) is 5.58. The summed E-state index contributed by atoms with van der Waals surface area (Å²) in [7, 11) is 0. The van der Waals surface area contributed by atoms with Crippen LogP contribution in [0.3, 0.4) is 0 Å². The van der Waals surface area contributed by atoms with E-state index in [9.17, 15) is 0 Å². The highest BCUT2D eigenvalue weighted by Crippen LogP contribution is 2.42. The smallest absolute Gasteiger partial charge is 0.175 e. The first-order valence-electron chi connectivity index (χ1n) is 16.8. The third kappa shape index (κ3) is 10.4. The molecule has 1 aromatic carbocycles. The first kappa shape index (κ1) is 39.4. The van der Waals surface area contributed by atoms with E-state index < -0.39 is 0 Å². The number of hydrogen-bond donors (Lipinski definition) is 0. The number of thiophene rings is 7. The zero-order chi connectivity index (χ0) is 36.7. The molecule has 9 heteroatoms. The van der Waals surface area contributed by atoms with Crippen molar-refractivity contribution in [1.29, 1.82) is 0 Å². The van der Waals surface area contributed by atoms with Crippen LogP contribution < -0.4 is 9.47 Å². The molecule has 0 fully saturated rings. The summed E-state index contributed by atoms with van der Waals surface area (Å²) in [4.78, 5) is 16.6. The summed E-state index contributed by atoms with van der Waals surface area (Å²) < 4.78 is 12.4. The largest absolute Gasteiger partial charge is 0.485 e. The molecule has 268 valence electrons. The van der Waals surface area contributed by atoms with Gasteiger partial charge in [-0.3, -0.25) is 0 Å². The zero-order valence-corrected chi connectivity index (χ0v) is 36.7. The van der Waals surface area contributed by atoms with Gasteiger partial charge in [-0.25, -0.2) is 0 Å². The topological polar surface area (TPSA) is 18.5 Å². The Bertz CT molecular complexity index is 2150. The molecule has 1 aliphatic rings. The minimum atomic E-state index is 0.685. The maximum Gasteiger partial charge on any atom is 0.175 e. The number of benzene rings is 1. The first-order valence-corrected chi connectivity index (χ1v) is 22.6. The third-order valence-corrected chi connectivity index (χ3v) is 15.3. The predicted octanol–water partition coefficient (Wildman–Crippen LogP) is 15.7. The average molecular weight is 807 g/mol. The molecular formula is C42H46O2S7. The monoisotopic (exact) mass is 806 g/mol.